The Morgan fingerprint density at radius 3 is 2.56 bits per heavy atom. The molecule has 1 aromatic carbocycles. The van der Waals surface area contributed by atoms with Gasteiger partial charge in [0, 0.05) is 13.0 Å². The molecule has 0 bridgehead atoms. The Balaban J connectivity index is 2.38. The van der Waals surface area contributed by atoms with Gasteiger partial charge in [0.1, 0.15) is 0 Å². The van der Waals surface area contributed by atoms with Crippen molar-refractivity contribution in [3.8, 4) is 0 Å². The summed E-state index contributed by atoms with van der Waals surface area (Å²) in [4.78, 5) is 11.7. The van der Waals surface area contributed by atoms with Crippen LogP contribution in [0.15, 0.2) is 24.3 Å². The number of hydrogen-bond donors (Lipinski definition) is 2. The van der Waals surface area contributed by atoms with Crippen LogP contribution in [0.1, 0.15) is 44.7 Å². The van der Waals surface area contributed by atoms with Gasteiger partial charge in [0.2, 0.25) is 5.91 Å². The number of hydrogen-bond acceptors (Lipinski definition) is 2. The fourth-order valence-electron chi connectivity index (χ4n) is 1.62. The summed E-state index contributed by atoms with van der Waals surface area (Å²) in [6.07, 6.45) is 1.44. The van der Waals surface area contributed by atoms with Crippen molar-refractivity contribution in [1.82, 2.24) is 5.32 Å². The summed E-state index contributed by atoms with van der Waals surface area (Å²) < 4.78 is 0. The number of carbonyl (C=O) groups is 1. The average molecular weight is 249 g/mol. The lowest BCUT2D eigenvalue weighted by Gasteiger charge is -2.17. The Kier molecular flexibility index (Phi) is 5.35. The number of rotatable bonds is 5. The molecule has 1 amide bonds. The van der Waals surface area contributed by atoms with Crippen LogP contribution in [0.5, 0.6) is 0 Å². The first kappa shape index (κ1) is 14.7. The van der Waals surface area contributed by atoms with E-state index in [0.717, 1.165) is 17.5 Å². The molecule has 0 spiro atoms. The first-order valence-electron chi connectivity index (χ1n) is 6.36. The van der Waals surface area contributed by atoms with Crippen LogP contribution < -0.4 is 5.32 Å². The standard InChI is InChI=1S/C15H23NO2/c1-15(2,3)8-7-14(18)16-10-12-5-4-6-13(9-12)11-17/h4-6,9,17H,7-8,10-11H2,1-3H3,(H,16,18). The number of benzene rings is 1. The Hall–Kier alpha value is -1.35. The molecule has 0 aliphatic carbocycles. The van der Waals surface area contributed by atoms with Gasteiger partial charge < -0.3 is 10.4 Å². The van der Waals surface area contributed by atoms with Gasteiger partial charge in [-0.1, -0.05) is 45.0 Å². The summed E-state index contributed by atoms with van der Waals surface area (Å²) in [6, 6.07) is 7.61. The third-order valence-electron chi connectivity index (χ3n) is 2.77. The fraction of sp³-hybridized carbons (Fsp3) is 0.533. The summed E-state index contributed by atoms with van der Waals surface area (Å²) in [7, 11) is 0. The molecule has 0 aromatic heterocycles. The van der Waals surface area contributed by atoms with Gasteiger partial charge in [0.15, 0.2) is 0 Å². The largest absolute Gasteiger partial charge is 0.392 e. The smallest absolute Gasteiger partial charge is 0.220 e. The van der Waals surface area contributed by atoms with Crippen molar-refractivity contribution >= 4 is 5.91 Å². The summed E-state index contributed by atoms with van der Waals surface area (Å²) in [6.45, 7) is 6.95. The van der Waals surface area contributed by atoms with Crippen LogP contribution in [-0.2, 0) is 17.9 Å². The molecule has 100 valence electrons. The molecular weight excluding hydrogens is 226 g/mol. The second-order valence-corrected chi connectivity index (χ2v) is 5.82. The summed E-state index contributed by atoms with van der Waals surface area (Å²) >= 11 is 0. The van der Waals surface area contributed by atoms with Gasteiger partial charge in [0.25, 0.3) is 0 Å². The molecule has 0 radical (unpaired) electrons. The molecule has 3 heteroatoms. The van der Waals surface area contributed by atoms with Crippen LogP contribution in [0.3, 0.4) is 0 Å². The van der Waals surface area contributed by atoms with Crippen LogP contribution in [0, 0.1) is 5.41 Å². The van der Waals surface area contributed by atoms with Crippen molar-refractivity contribution in [2.24, 2.45) is 5.41 Å². The first-order valence-corrected chi connectivity index (χ1v) is 6.36. The van der Waals surface area contributed by atoms with Crippen molar-refractivity contribution < 1.29 is 9.90 Å². The minimum absolute atomic E-state index is 0.0335. The van der Waals surface area contributed by atoms with E-state index in [1.807, 2.05) is 24.3 Å². The van der Waals surface area contributed by atoms with E-state index in [1.165, 1.54) is 0 Å². The zero-order chi connectivity index (χ0) is 13.6. The molecule has 0 atom stereocenters. The molecular formula is C15H23NO2. The second-order valence-electron chi connectivity index (χ2n) is 5.82. The van der Waals surface area contributed by atoms with Crippen LogP contribution in [0.2, 0.25) is 0 Å². The Morgan fingerprint density at radius 1 is 1.28 bits per heavy atom. The van der Waals surface area contributed by atoms with Crippen molar-refractivity contribution in [3.05, 3.63) is 35.4 Å². The minimum atomic E-state index is 0.0335. The van der Waals surface area contributed by atoms with E-state index in [0.29, 0.717) is 13.0 Å². The molecule has 0 heterocycles. The zero-order valence-corrected chi connectivity index (χ0v) is 11.5. The monoisotopic (exact) mass is 249 g/mol. The van der Waals surface area contributed by atoms with Crippen molar-refractivity contribution in [2.45, 2.75) is 46.8 Å². The molecule has 0 saturated heterocycles. The Morgan fingerprint density at radius 2 is 1.94 bits per heavy atom. The maximum atomic E-state index is 11.7. The highest BCUT2D eigenvalue weighted by Gasteiger charge is 2.12. The zero-order valence-electron chi connectivity index (χ0n) is 11.5. The maximum Gasteiger partial charge on any atom is 0.220 e. The Labute approximate surface area is 109 Å². The van der Waals surface area contributed by atoms with E-state index in [-0.39, 0.29) is 17.9 Å². The van der Waals surface area contributed by atoms with Crippen molar-refractivity contribution in [1.29, 1.82) is 0 Å². The molecule has 0 aliphatic rings. The third kappa shape index (κ3) is 5.82. The van der Waals surface area contributed by atoms with Gasteiger partial charge >= 0.3 is 0 Å². The van der Waals surface area contributed by atoms with Gasteiger partial charge in [-0.2, -0.15) is 0 Å². The SMILES string of the molecule is CC(C)(C)CCC(=O)NCc1cccc(CO)c1. The van der Waals surface area contributed by atoms with Crippen LogP contribution in [0.4, 0.5) is 0 Å². The summed E-state index contributed by atoms with van der Waals surface area (Å²) in [5, 5.41) is 11.9. The number of aliphatic hydroxyl groups is 1. The molecule has 3 nitrogen and oxygen atoms in total. The predicted molar refractivity (Wildman–Crippen MR) is 72.9 cm³/mol. The van der Waals surface area contributed by atoms with Gasteiger partial charge in [-0.05, 0) is 23.0 Å². The lowest BCUT2D eigenvalue weighted by molar-refractivity contribution is -0.121. The van der Waals surface area contributed by atoms with Crippen LogP contribution >= 0.6 is 0 Å². The number of nitrogens with one attached hydrogen (secondary N) is 1. The van der Waals surface area contributed by atoms with Crippen molar-refractivity contribution in [3.63, 3.8) is 0 Å². The fourth-order valence-corrected chi connectivity index (χ4v) is 1.62. The number of amides is 1. The first-order chi connectivity index (χ1) is 8.40. The van der Waals surface area contributed by atoms with E-state index in [2.05, 4.69) is 26.1 Å². The van der Waals surface area contributed by atoms with Gasteiger partial charge in [-0.25, -0.2) is 0 Å². The lowest BCUT2D eigenvalue weighted by atomic mass is 9.90. The summed E-state index contributed by atoms with van der Waals surface area (Å²) in [5.41, 5.74) is 2.08. The average Bonchev–Trinajstić information content (AvgIpc) is 2.33. The molecule has 1 aromatic rings. The van der Waals surface area contributed by atoms with E-state index in [1.54, 1.807) is 0 Å². The van der Waals surface area contributed by atoms with Gasteiger partial charge in [0.05, 0.1) is 6.61 Å². The second kappa shape index (κ2) is 6.55. The van der Waals surface area contributed by atoms with Gasteiger partial charge in [-0.15, -0.1) is 0 Å². The van der Waals surface area contributed by atoms with Gasteiger partial charge in [-0.3, -0.25) is 4.79 Å². The maximum absolute atomic E-state index is 11.7. The molecule has 1 rings (SSSR count). The van der Waals surface area contributed by atoms with E-state index in [9.17, 15) is 4.79 Å². The molecule has 0 unspecified atom stereocenters. The molecule has 0 saturated carbocycles. The highest BCUT2D eigenvalue weighted by atomic mass is 16.3. The minimum Gasteiger partial charge on any atom is -0.392 e. The third-order valence-corrected chi connectivity index (χ3v) is 2.77. The molecule has 2 N–H and O–H groups in total. The van der Waals surface area contributed by atoms with Crippen LogP contribution in [-0.4, -0.2) is 11.0 Å². The summed E-state index contributed by atoms with van der Waals surface area (Å²) in [5.74, 6) is 0.0827. The van der Waals surface area contributed by atoms with Crippen molar-refractivity contribution in [2.75, 3.05) is 0 Å². The van der Waals surface area contributed by atoms with E-state index >= 15 is 0 Å². The molecule has 0 aliphatic heterocycles. The van der Waals surface area contributed by atoms with E-state index < -0.39 is 0 Å². The van der Waals surface area contributed by atoms with E-state index in [4.69, 9.17) is 5.11 Å². The molecule has 0 fully saturated rings. The quantitative estimate of drug-likeness (QED) is 0.842. The topological polar surface area (TPSA) is 49.3 Å². The number of aliphatic hydroxyl groups excluding tert-OH is 1. The Bertz CT molecular complexity index is 394. The highest BCUT2D eigenvalue weighted by Crippen LogP contribution is 2.20. The van der Waals surface area contributed by atoms with Crippen LogP contribution in [0.25, 0.3) is 0 Å². The number of carbonyl (C=O) groups excluding carboxylic acids is 1. The normalized spacial score (nSPS) is 11.3. The predicted octanol–water partition coefficient (Wildman–Crippen LogP) is 2.62. The highest BCUT2D eigenvalue weighted by molar-refractivity contribution is 5.75. The molecule has 18 heavy (non-hydrogen) atoms. The lowest BCUT2D eigenvalue weighted by Crippen LogP contribution is -2.24.